The van der Waals surface area contributed by atoms with Crippen molar-refractivity contribution in [3.8, 4) is 0 Å². The summed E-state index contributed by atoms with van der Waals surface area (Å²) in [5.74, 6) is 0.210. The first kappa shape index (κ1) is 11.4. The summed E-state index contributed by atoms with van der Waals surface area (Å²) in [7, 11) is 0. The third kappa shape index (κ3) is 4.34. The van der Waals surface area contributed by atoms with Gasteiger partial charge >= 0.3 is 5.97 Å². The van der Waals surface area contributed by atoms with Crippen molar-refractivity contribution in [1.29, 1.82) is 0 Å². The van der Waals surface area contributed by atoms with Crippen LogP contribution in [0, 0.1) is 5.92 Å². The summed E-state index contributed by atoms with van der Waals surface area (Å²) in [4.78, 5) is 11.0. The zero-order chi connectivity index (χ0) is 9.56. The summed E-state index contributed by atoms with van der Waals surface area (Å²) in [5, 5.41) is 0. The minimum Gasteiger partial charge on any atom is -0.465 e. The lowest BCUT2D eigenvalue weighted by atomic mass is 10.0. The second-order valence-corrected chi connectivity index (χ2v) is 3.11. The highest BCUT2D eigenvalue weighted by Crippen LogP contribution is 2.09. The van der Waals surface area contributed by atoms with Crippen molar-refractivity contribution >= 4 is 5.97 Å². The van der Waals surface area contributed by atoms with Gasteiger partial charge in [0.2, 0.25) is 0 Å². The summed E-state index contributed by atoms with van der Waals surface area (Å²) in [6, 6.07) is -0.445. The second-order valence-electron chi connectivity index (χ2n) is 3.11. The van der Waals surface area contributed by atoms with Crippen LogP contribution in [0.4, 0.5) is 0 Å². The van der Waals surface area contributed by atoms with Gasteiger partial charge in [-0.05, 0) is 19.3 Å². The number of hydrogen-bond acceptors (Lipinski definition) is 3. The maximum atomic E-state index is 11.0. The lowest BCUT2D eigenvalue weighted by Gasteiger charge is -2.14. The third-order valence-corrected chi connectivity index (χ3v) is 1.94. The van der Waals surface area contributed by atoms with E-state index in [0.29, 0.717) is 12.5 Å². The Morgan fingerprint density at radius 2 is 2.08 bits per heavy atom. The zero-order valence-electron chi connectivity index (χ0n) is 8.17. The minimum atomic E-state index is -0.445. The quantitative estimate of drug-likeness (QED) is 0.638. The minimum absolute atomic E-state index is 0.280. The monoisotopic (exact) mass is 173 g/mol. The molecule has 12 heavy (non-hydrogen) atoms. The van der Waals surface area contributed by atoms with Crippen LogP contribution in [0.1, 0.15) is 33.6 Å². The van der Waals surface area contributed by atoms with Gasteiger partial charge in [-0.2, -0.15) is 0 Å². The number of carbonyl (C=O) groups excluding carboxylic acids is 1. The molecule has 3 nitrogen and oxygen atoms in total. The molecule has 3 heteroatoms. The molecule has 0 aromatic carbocycles. The number of hydrogen-bond donors (Lipinski definition) is 1. The van der Waals surface area contributed by atoms with E-state index in [-0.39, 0.29) is 5.97 Å². The van der Waals surface area contributed by atoms with Gasteiger partial charge in [0.25, 0.3) is 0 Å². The molecule has 0 aliphatic rings. The molecule has 0 rings (SSSR count). The van der Waals surface area contributed by atoms with E-state index in [1.807, 2.05) is 0 Å². The molecule has 0 aromatic rings. The first-order chi connectivity index (χ1) is 5.61. The predicted molar refractivity (Wildman–Crippen MR) is 48.7 cm³/mol. The lowest BCUT2D eigenvalue weighted by Crippen LogP contribution is -2.33. The van der Waals surface area contributed by atoms with Crippen molar-refractivity contribution in [3.05, 3.63) is 0 Å². The van der Waals surface area contributed by atoms with Gasteiger partial charge in [0.05, 0.1) is 6.61 Å². The van der Waals surface area contributed by atoms with Gasteiger partial charge in [-0.3, -0.25) is 4.79 Å². The number of nitrogens with two attached hydrogens (primary N) is 1. The van der Waals surface area contributed by atoms with Gasteiger partial charge in [-0.1, -0.05) is 20.3 Å². The van der Waals surface area contributed by atoms with Crippen LogP contribution in [0.25, 0.3) is 0 Å². The van der Waals surface area contributed by atoms with E-state index < -0.39 is 6.04 Å². The average molecular weight is 173 g/mol. The first-order valence-corrected chi connectivity index (χ1v) is 4.54. The van der Waals surface area contributed by atoms with Gasteiger partial charge < -0.3 is 10.5 Å². The molecule has 0 amide bonds. The maximum Gasteiger partial charge on any atom is 0.322 e. The highest BCUT2D eigenvalue weighted by atomic mass is 16.5. The van der Waals surface area contributed by atoms with Crippen molar-refractivity contribution < 1.29 is 9.53 Å². The first-order valence-electron chi connectivity index (χ1n) is 4.54. The highest BCUT2D eigenvalue weighted by molar-refractivity contribution is 5.75. The summed E-state index contributed by atoms with van der Waals surface area (Å²) < 4.78 is 4.79. The molecule has 2 atom stereocenters. The Morgan fingerprint density at radius 1 is 1.50 bits per heavy atom. The smallest absolute Gasteiger partial charge is 0.322 e. The molecular weight excluding hydrogens is 154 g/mol. The molecule has 2 N–H and O–H groups in total. The van der Waals surface area contributed by atoms with Crippen molar-refractivity contribution in [1.82, 2.24) is 0 Å². The van der Waals surface area contributed by atoms with E-state index in [9.17, 15) is 4.79 Å². The van der Waals surface area contributed by atoms with Crippen LogP contribution in [0.5, 0.6) is 0 Å². The van der Waals surface area contributed by atoms with E-state index in [2.05, 4.69) is 13.8 Å². The van der Waals surface area contributed by atoms with Crippen molar-refractivity contribution in [3.63, 3.8) is 0 Å². The van der Waals surface area contributed by atoms with Gasteiger partial charge in [0.1, 0.15) is 6.04 Å². The molecule has 0 saturated carbocycles. The zero-order valence-corrected chi connectivity index (χ0v) is 8.17. The molecule has 0 saturated heterocycles. The Labute approximate surface area is 74.3 Å². The number of ether oxygens (including phenoxy) is 1. The van der Waals surface area contributed by atoms with E-state index in [4.69, 9.17) is 10.5 Å². The van der Waals surface area contributed by atoms with Crippen LogP contribution in [-0.4, -0.2) is 18.6 Å². The van der Waals surface area contributed by atoms with Gasteiger partial charge in [-0.25, -0.2) is 0 Å². The van der Waals surface area contributed by atoms with Gasteiger partial charge in [-0.15, -0.1) is 0 Å². The van der Waals surface area contributed by atoms with Crippen LogP contribution >= 0.6 is 0 Å². The van der Waals surface area contributed by atoms with Crippen LogP contribution in [-0.2, 0) is 9.53 Å². The number of esters is 1. The number of rotatable bonds is 5. The Kier molecular flexibility index (Phi) is 5.72. The Bertz CT molecular complexity index is 136. The molecule has 0 fully saturated rings. The lowest BCUT2D eigenvalue weighted by molar-refractivity contribution is -0.145. The van der Waals surface area contributed by atoms with Crippen LogP contribution < -0.4 is 5.73 Å². The molecule has 0 unspecified atom stereocenters. The average Bonchev–Trinajstić information content (AvgIpc) is 2.04. The Morgan fingerprint density at radius 3 is 2.50 bits per heavy atom. The Hall–Kier alpha value is -0.570. The fourth-order valence-corrected chi connectivity index (χ4v) is 0.946. The fourth-order valence-electron chi connectivity index (χ4n) is 0.946. The molecule has 72 valence electrons. The van der Waals surface area contributed by atoms with Crippen LogP contribution in [0.15, 0.2) is 0 Å². The summed E-state index contributed by atoms with van der Waals surface area (Å²) in [6.45, 7) is 6.36. The van der Waals surface area contributed by atoms with Crippen molar-refractivity contribution in [2.75, 3.05) is 6.61 Å². The SMILES string of the molecule is CCOC(=O)[C@H](N)C[C@@H](C)CC. The van der Waals surface area contributed by atoms with Crippen LogP contribution in [0.3, 0.4) is 0 Å². The molecule has 0 bridgehead atoms. The van der Waals surface area contributed by atoms with E-state index >= 15 is 0 Å². The van der Waals surface area contributed by atoms with E-state index in [0.717, 1.165) is 12.8 Å². The molecule has 0 spiro atoms. The molecule has 0 aliphatic carbocycles. The number of carbonyl (C=O) groups is 1. The molecular formula is C9H19NO2. The second kappa shape index (κ2) is 6.00. The molecule has 0 radical (unpaired) electrons. The fraction of sp³-hybridized carbons (Fsp3) is 0.889. The highest BCUT2D eigenvalue weighted by Gasteiger charge is 2.16. The standard InChI is InChI=1S/C9H19NO2/c1-4-7(3)6-8(10)9(11)12-5-2/h7-8H,4-6,10H2,1-3H3/t7-,8+/m0/s1. The third-order valence-electron chi connectivity index (χ3n) is 1.94. The topological polar surface area (TPSA) is 52.3 Å². The van der Waals surface area contributed by atoms with Crippen LogP contribution in [0.2, 0.25) is 0 Å². The van der Waals surface area contributed by atoms with E-state index in [1.165, 1.54) is 0 Å². The van der Waals surface area contributed by atoms with E-state index in [1.54, 1.807) is 6.92 Å². The largest absolute Gasteiger partial charge is 0.465 e. The normalized spacial score (nSPS) is 15.3. The Balaban J connectivity index is 3.70. The van der Waals surface area contributed by atoms with Crippen molar-refractivity contribution in [2.45, 2.75) is 39.7 Å². The summed E-state index contributed by atoms with van der Waals surface area (Å²) in [5.41, 5.74) is 5.61. The molecule has 0 aliphatic heterocycles. The summed E-state index contributed by atoms with van der Waals surface area (Å²) in [6.07, 6.45) is 1.77. The van der Waals surface area contributed by atoms with Gasteiger partial charge in [0.15, 0.2) is 0 Å². The summed E-state index contributed by atoms with van der Waals surface area (Å²) >= 11 is 0. The van der Waals surface area contributed by atoms with Gasteiger partial charge in [0, 0.05) is 0 Å². The maximum absolute atomic E-state index is 11.0. The molecule has 0 heterocycles. The predicted octanol–water partition coefficient (Wildman–Crippen LogP) is 1.31. The molecule has 0 aromatic heterocycles. The van der Waals surface area contributed by atoms with Crippen molar-refractivity contribution in [2.24, 2.45) is 11.7 Å².